The van der Waals surface area contributed by atoms with Crippen molar-refractivity contribution in [1.29, 1.82) is 0 Å². The first-order valence-electron chi connectivity index (χ1n) is 5.73. The topological polar surface area (TPSA) is 67.2 Å². The first kappa shape index (κ1) is 13.1. The molecule has 5 nitrogen and oxygen atoms in total. The number of aromatic hydroxyl groups is 1. The van der Waals surface area contributed by atoms with E-state index in [1.807, 2.05) is 14.0 Å². The van der Waals surface area contributed by atoms with E-state index in [0.717, 1.165) is 23.4 Å². The molecule has 0 aliphatic rings. The first-order chi connectivity index (χ1) is 8.99. The Kier molecular flexibility index (Phi) is 3.50. The molecule has 0 aliphatic heterocycles. The minimum absolute atomic E-state index is 0.0444. The fourth-order valence-corrected chi connectivity index (χ4v) is 1.69. The molecular weight excluding hydrogens is 249 g/mol. The molecule has 0 radical (unpaired) electrons. The third kappa shape index (κ3) is 2.73. The van der Waals surface area contributed by atoms with E-state index in [4.69, 9.17) is 0 Å². The van der Waals surface area contributed by atoms with Gasteiger partial charge in [-0.15, -0.1) is 0 Å². The molecule has 0 aliphatic carbocycles. The average molecular weight is 263 g/mol. The van der Waals surface area contributed by atoms with Crippen LogP contribution in [0.3, 0.4) is 0 Å². The molecule has 0 unspecified atom stereocenters. The summed E-state index contributed by atoms with van der Waals surface area (Å²) in [5.74, 6) is -1.42. The maximum atomic E-state index is 12.8. The second-order valence-electron chi connectivity index (χ2n) is 4.22. The summed E-state index contributed by atoms with van der Waals surface area (Å²) in [6.07, 6.45) is 1.67. The van der Waals surface area contributed by atoms with Gasteiger partial charge < -0.3 is 10.4 Å². The standard InChI is InChI=1S/C13H14FN3O2/c1-8-9(7-16-17(8)2)6-15-13(19)11-4-3-10(14)5-12(11)18/h3-5,7,18H,6H2,1-2H3,(H,15,19). The summed E-state index contributed by atoms with van der Waals surface area (Å²) in [7, 11) is 1.81. The molecule has 0 saturated carbocycles. The predicted octanol–water partition coefficient (Wildman–Crippen LogP) is 1.50. The van der Waals surface area contributed by atoms with Crippen LogP contribution in [0.2, 0.25) is 0 Å². The van der Waals surface area contributed by atoms with Crippen LogP contribution in [0.4, 0.5) is 4.39 Å². The largest absolute Gasteiger partial charge is 0.507 e. The Hall–Kier alpha value is -2.37. The van der Waals surface area contributed by atoms with Gasteiger partial charge in [-0.25, -0.2) is 4.39 Å². The van der Waals surface area contributed by atoms with Crippen LogP contribution < -0.4 is 5.32 Å². The van der Waals surface area contributed by atoms with Gasteiger partial charge in [-0.1, -0.05) is 0 Å². The van der Waals surface area contributed by atoms with Crippen LogP contribution in [0.1, 0.15) is 21.6 Å². The Labute approximate surface area is 109 Å². The molecule has 1 aromatic carbocycles. The smallest absolute Gasteiger partial charge is 0.255 e. The summed E-state index contributed by atoms with van der Waals surface area (Å²) in [5.41, 5.74) is 1.88. The van der Waals surface area contributed by atoms with Crippen molar-refractivity contribution >= 4 is 5.91 Å². The molecule has 1 amide bonds. The summed E-state index contributed by atoms with van der Waals surface area (Å²) >= 11 is 0. The van der Waals surface area contributed by atoms with Crippen molar-refractivity contribution in [3.05, 3.63) is 47.0 Å². The van der Waals surface area contributed by atoms with Gasteiger partial charge in [-0.05, 0) is 19.1 Å². The number of aromatic nitrogens is 2. The monoisotopic (exact) mass is 263 g/mol. The minimum atomic E-state index is -0.586. The molecule has 0 spiro atoms. The molecule has 19 heavy (non-hydrogen) atoms. The lowest BCUT2D eigenvalue weighted by Crippen LogP contribution is -2.23. The lowest BCUT2D eigenvalue weighted by molar-refractivity contribution is 0.0948. The number of phenolic OH excluding ortho intramolecular Hbond substituents is 1. The number of benzene rings is 1. The number of aryl methyl sites for hydroxylation is 1. The number of hydrogen-bond donors (Lipinski definition) is 2. The number of phenols is 1. The van der Waals surface area contributed by atoms with Crippen LogP contribution in [0.25, 0.3) is 0 Å². The van der Waals surface area contributed by atoms with Crippen molar-refractivity contribution in [1.82, 2.24) is 15.1 Å². The van der Waals surface area contributed by atoms with Crippen molar-refractivity contribution in [2.24, 2.45) is 7.05 Å². The summed E-state index contributed by atoms with van der Waals surface area (Å²) < 4.78 is 14.5. The van der Waals surface area contributed by atoms with E-state index >= 15 is 0 Å². The molecule has 1 heterocycles. The van der Waals surface area contributed by atoms with Gasteiger partial charge in [0.1, 0.15) is 11.6 Å². The van der Waals surface area contributed by atoms with Crippen molar-refractivity contribution in [3.63, 3.8) is 0 Å². The van der Waals surface area contributed by atoms with Crippen LogP contribution in [0, 0.1) is 12.7 Å². The zero-order valence-corrected chi connectivity index (χ0v) is 10.6. The van der Waals surface area contributed by atoms with E-state index in [1.54, 1.807) is 10.9 Å². The van der Waals surface area contributed by atoms with E-state index in [9.17, 15) is 14.3 Å². The Balaban J connectivity index is 2.07. The quantitative estimate of drug-likeness (QED) is 0.882. The van der Waals surface area contributed by atoms with Gasteiger partial charge in [0.25, 0.3) is 5.91 Å². The van der Waals surface area contributed by atoms with Crippen LogP contribution >= 0.6 is 0 Å². The molecule has 0 fully saturated rings. The first-order valence-corrected chi connectivity index (χ1v) is 5.73. The third-order valence-corrected chi connectivity index (χ3v) is 2.98. The molecule has 2 aromatic rings. The highest BCUT2D eigenvalue weighted by Crippen LogP contribution is 2.18. The van der Waals surface area contributed by atoms with Gasteiger partial charge in [-0.2, -0.15) is 5.10 Å². The summed E-state index contributed by atoms with van der Waals surface area (Å²) in [5, 5.41) is 16.2. The number of carbonyl (C=O) groups is 1. The second kappa shape index (κ2) is 5.09. The van der Waals surface area contributed by atoms with Crippen LogP contribution in [0.5, 0.6) is 5.75 Å². The van der Waals surface area contributed by atoms with Gasteiger partial charge in [0.05, 0.1) is 11.8 Å². The minimum Gasteiger partial charge on any atom is -0.507 e. The van der Waals surface area contributed by atoms with Gasteiger partial charge in [0, 0.05) is 30.9 Å². The average Bonchev–Trinajstić information content (AvgIpc) is 2.67. The van der Waals surface area contributed by atoms with Crippen LogP contribution in [0.15, 0.2) is 24.4 Å². The summed E-state index contributed by atoms with van der Waals surface area (Å²) in [6, 6.07) is 3.28. The Morgan fingerprint density at radius 1 is 1.53 bits per heavy atom. The lowest BCUT2D eigenvalue weighted by atomic mass is 10.1. The Bertz CT molecular complexity index is 622. The lowest BCUT2D eigenvalue weighted by Gasteiger charge is -2.06. The van der Waals surface area contributed by atoms with Crippen LogP contribution in [-0.4, -0.2) is 20.8 Å². The predicted molar refractivity (Wildman–Crippen MR) is 67.2 cm³/mol. The number of nitrogens with zero attached hydrogens (tertiary/aromatic N) is 2. The number of carbonyl (C=O) groups excluding carboxylic acids is 1. The molecular formula is C13H14FN3O2. The molecule has 2 rings (SSSR count). The van der Waals surface area contributed by atoms with Crippen LogP contribution in [-0.2, 0) is 13.6 Å². The van der Waals surface area contributed by atoms with Gasteiger partial charge >= 0.3 is 0 Å². The maximum Gasteiger partial charge on any atom is 0.255 e. The molecule has 0 bridgehead atoms. The summed E-state index contributed by atoms with van der Waals surface area (Å²) in [6.45, 7) is 2.19. The van der Waals surface area contributed by atoms with Crippen molar-refractivity contribution in [2.75, 3.05) is 0 Å². The number of rotatable bonds is 3. The molecule has 6 heteroatoms. The van der Waals surface area contributed by atoms with Gasteiger partial charge in [0.2, 0.25) is 0 Å². The molecule has 1 aromatic heterocycles. The van der Waals surface area contributed by atoms with Crippen molar-refractivity contribution in [2.45, 2.75) is 13.5 Å². The number of hydrogen-bond acceptors (Lipinski definition) is 3. The van der Waals surface area contributed by atoms with E-state index in [1.165, 1.54) is 6.07 Å². The summed E-state index contributed by atoms with van der Waals surface area (Å²) in [4.78, 5) is 11.8. The zero-order valence-electron chi connectivity index (χ0n) is 10.6. The Morgan fingerprint density at radius 2 is 2.26 bits per heavy atom. The van der Waals surface area contributed by atoms with Crippen molar-refractivity contribution < 1.29 is 14.3 Å². The van der Waals surface area contributed by atoms with Gasteiger partial charge in [0.15, 0.2) is 0 Å². The fourth-order valence-electron chi connectivity index (χ4n) is 1.69. The number of amides is 1. The number of nitrogens with one attached hydrogen (secondary N) is 1. The van der Waals surface area contributed by atoms with E-state index < -0.39 is 11.7 Å². The molecule has 2 N–H and O–H groups in total. The van der Waals surface area contributed by atoms with E-state index in [0.29, 0.717) is 6.54 Å². The highest BCUT2D eigenvalue weighted by atomic mass is 19.1. The maximum absolute atomic E-state index is 12.8. The highest BCUT2D eigenvalue weighted by Gasteiger charge is 2.12. The van der Waals surface area contributed by atoms with E-state index in [2.05, 4.69) is 10.4 Å². The SMILES string of the molecule is Cc1c(CNC(=O)c2ccc(F)cc2O)cnn1C. The molecule has 0 atom stereocenters. The third-order valence-electron chi connectivity index (χ3n) is 2.98. The highest BCUT2D eigenvalue weighted by molar-refractivity contribution is 5.96. The fraction of sp³-hybridized carbons (Fsp3) is 0.231. The molecule has 100 valence electrons. The van der Waals surface area contributed by atoms with E-state index in [-0.39, 0.29) is 11.3 Å². The van der Waals surface area contributed by atoms with Crippen molar-refractivity contribution in [3.8, 4) is 5.75 Å². The molecule has 0 saturated heterocycles. The zero-order chi connectivity index (χ0) is 14.0. The Morgan fingerprint density at radius 3 is 2.84 bits per heavy atom. The number of halogens is 1. The second-order valence-corrected chi connectivity index (χ2v) is 4.22. The van der Waals surface area contributed by atoms with Gasteiger partial charge in [-0.3, -0.25) is 9.48 Å². The normalized spacial score (nSPS) is 10.5.